The van der Waals surface area contributed by atoms with Crippen LogP contribution in [0.3, 0.4) is 0 Å². The molecule has 1 amide bonds. The van der Waals surface area contributed by atoms with Crippen LogP contribution in [0.2, 0.25) is 0 Å². The number of aliphatic hydroxyl groups is 1. The summed E-state index contributed by atoms with van der Waals surface area (Å²) in [6.07, 6.45) is 0.684. The minimum absolute atomic E-state index is 0.0434. The first-order valence-corrected chi connectivity index (χ1v) is 8.30. The van der Waals surface area contributed by atoms with E-state index in [0.717, 1.165) is 5.56 Å². The first kappa shape index (κ1) is 17.6. The van der Waals surface area contributed by atoms with E-state index in [2.05, 4.69) is 5.32 Å². The van der Waals surface area contributed by atoms with Crippen molar-refractivity contribution in [3.8, 4) is 0 Å². The Kier molecular flexibility index (Phi) is 4.73. The molecule has 132 valence electrons. The number of anilines is 1. The van der Waals surface area contributed by atoms with E-state index >= 15 is 0 Å². The lowest BCUT2D eigenvalue weighted by Crippen LogP contribution is -2.28. The Morgan fingerprint density at radius 3 is 2.38 bits per heavy atom. The first-order chi connectivity index (χ1) is 12.4. The number of allylic oxidation sites excluding steroid dienone is 1. The molecule has 1 aliphatic rings. The number of Topliss-reactive ketones (excluding diaryl/α,β-unsaturated/α-hetero) is 1. The SMILES string of the molecule is CC=C(C1=C(c2ccc(C(C)=O)cc2)C(O)NC1=O)c1ccccc1N. The van der Waals surface area contributed by atoms with E-state index in [-0.39, 0.29) is 11.7 Å². The first-order valence-electron chi connectivity index (χ1n) is 8.30. The molecule has 4 N–H and O–H groups in total. The number of aliphatic hydroxyl groups excluding tert-OH is 1. The average Bonchev–Trinajstić information content (AvgIpc) is 2.91. The summed E-state index contributed by atoms with van der Waals surface area (Å²) in [6.45, 7) is 3.31. The summed E-state index contributed by atoms with van der Waals surface area (Å²) in [5.74, 6) is -0.405. The van der Waals surface area contributed by atoms with E-state index < -0.39 is 6.23 Å². The number of para-hydroxylation sites is 1. The number of carbonyl (C=O) groups excluding carboxylic acids is 2. The third-order valence-electron chi connectivity index (χ3n) is 4.45. The van der Waals surface area contributed by atoms with Gasteiger partial charge < -0.3 is 16.2 Å². The van der Waals surface area contributed by atoms with E-state index in [1.807, 2.05) is 31.2 Å². The van der Waals surface area contributed by atoms with E-state index in [0.29, 0.717) is 33.5 Å². The molecule has 2 aromatic carbocycles. The Bertz CT molecular complexity index is 940. The Morgan fingerprint density at radius 2 is 1.81 bits per heavy atom. The molecule has 0 saturated carbocycles. The molecule has 2 aromatic rings. The molecule has 5 heteroatoms. The summed E-state index contributed by atoms with van der Waals surface area (Å²) in [6, 6.07) is 14.1. The van der Waals surface area contributed by atoms with Crippen LogP contribution in [0, 0.1) is 0 Å². The number of carbonyl (C=O) groups is 2. The maximum absolute atomic E-state index is 12.6. The summed E-state index contributed by atoms with van der Waals surface area (Å²) in [7, 11) is 0. The van der Waals surface area contributed by atoms with Gasteiger partial charge in [-0.3, -0.25) is 9.59 Å². The molecule has 0 saturated heterocycles. The Balaban J connectivity index is 2.18. The molecule has 3 rings (SSSR count). The van der Waals surface area contributed by atoms with E-state index in [1.54, 1.807) is 30.3 Å². The van der Waals surface area contributed by atoms with Crippen LogP contribution in [0.4, 0.5) is 5.69 Å². The summed E-state index contributed by atoms with van der Waals surface area (Å²) in [5.41, 5.74) is 10.1. The highest BCUT2D eigenvalue weighted by molar-refractivity contribution is 6.19. The lowest BCUT2D eigenvalue weighted by atomic mass is 9.90. The zero-order chi connectivity index (χ0) is 18.8. The van der Waals surface area contributed by atoms with Crippen molar-refractivity contribution in [2.75, 3.05) is 5.73 Å². The fraction of sp³-hybridized carbons (Fsp3) is 0.143. The predicted molar refractivity (Wildman–Crippen MR) is 102 cm³/mol. The van der Waals surface area contributed by atoms with Gasteiger partial charge in [-0.1, -0.05) is 48.5 Å². The molecule has 1 aliphatic heterocycles. The Morgan fingerprint density at radius 1 is 1.15 bits per heavy atom. The number of benzene rings is 2. The summed E-state index contributed by atoms with van der Waals surface area (Å²) in [4.78, 5) is 24.0. The molecular formula is C21H20N2O3. The van der Waals surface area contributed by atoms with Crippen LogP contribution in [-0.2, 0) is 4.79 Å². The van der Waals surface area contributed by atoms with Crippen molar-refractivity contribution in [1.29, 1.82) is 0 Å². The van der Waals surface area contributed by atoms with Gasteiger partial charge in [0.15, 0.2) is 12.0 Å². The van der Waals surface area contributed by atoms with E-state index in [9.17, 15) is 14.7 Å². The lowest BCUT2D eigenvalue weighted by Gasteiger charge is -2.13. The van der Waals surface area contributed by atoms with E-state index in [1.165, 1.54) is 6.92 Å². The van der Waals surface area contributed by atoms with Crippen molar-refractivity contribution in [1.82, 2.24) is 5.32 Å². The highest BCUT2D eigenvalue weighted by atomic mass is 16.3. The molecule has 0 aliphatic carbocycles. The highest BCUT2D eigenvalue weighted by Crippen LogP contribution is 2.37. The van der Waals surface area contributed by atoms with Gasteiger partial charge in [-0.15, -0.1) is 0 Å². The number of nitrogens with one attached hydrogen (secondary N) is 1. The van der Waals surface area contributed by atoms with Crippen molar-refractivity contribution in [2.24, 2.45) is 0 Å². The third-order valence-corrected chi connectivity index (χ3v) is 4.45. The second-order valence-electron chi connectivity index (χ2n) is 6.09. The van der Waals surface area contributed by atoms with Crippen LogP contribution in [-0.4, -0.2) is 23.0 Å². The van der Waals surface area contributed by atoms with Gasteiger partial charge in [0.2, 0.25) is 0 Å². The van der Waals surface area contributed by atoms with Gasteiger partial charge in [-0.25, -0.2) is 0 Å². The van der Waals surface area contributed by atoms with Crippen LogP contribution in [0.25, 0.3) is 11.1 Å². The quantitative estimate of drug-likeness (QED) is 0.585. The van der Waals surface area contributed by atoms with Crippen molar-refractivity contribution in [3.63, 3.8) is 0 Å². The third kappa shape index (κ3) is 3.05. The maximum Gasteiger partial charge on any atom is 0.254 e. The molecule has 0 bridgehead atoms. The molecule has 0 radical (unpaired) electrons. The van der Waals surface area contributed by atoms with Crippen LogP contribution in [0.15, 0.2) is 60.2 Å². The molecule has 1 atom stereocenters. The standard InChI is InChI=1S/C21H20N2O3/c1-3-15(16-6-4-5-7-17(16)22)19-18(20(25)23-21(19)26)14-10-8-13(9-11-14)12(2)24/h3-11,20,25H,22H2,1-2H3,(H,23,26). The van der Waals surface area contributed by atoms with Crippen LogP contribution in [0.1, 0.15) is 35.3 Å². The topological polar surface area (TPSA) is 92.4 Å². The van der Waals surface area contributed by atoms with Crippen LogP contribution >= 0.6 is 0 Å². The van der Waals surface area contributed by atoms with Crippen molar-refractivity contribution < 1.29 is 14.7 Å². The number of ketones is 1. The molecule has 0 aromatic heterocycles. The molecule has 26 heavy (non-hydrogen) atoms. The summed E-state index contributed by atoms with van der Waals surface area (Å²) in [5, 5.41) is 13.0. The fourth-order valence-corrected chi connectivity index (χ4v) is 3.16. The van der Waals surface area contributed by atoms with Crippen molar-refractivity contribution in [3.05, 3.63) is 76.9 Å². The predicted octanol–water partition coefficient (Wildman–Crippen LogP) is 2.78. The number of nitrogen functional groups attached to an aromatic ring is 1. The van der Waals surface area contributed by atoms with Crippen molar-refractivity contribution >= 4 is 28.5 Å². The van der Waals surface area contributed by atoms with Gasteiger partial charge in [-0.2, -0.15) is 0 Å². The van der Waals surface area contributed by atoms with E-state index in [4.69, 9.17) is 5.73 Å². The molecular weight excluding hydrogens is 328 g/mol. The van der Waals surface area contributed by atoms with Crippen LogP contribution in [0.5, 0.6) is 0 Å². The number of hydrogen-bond donors (Lipinski definition) is 3. The minimum atomic E-state index is -1.12. The average molecular weight is 348 g/mol. The number of rotatable bonds is 4. The second kappa shape index (κ2) is 6.98. The van der Waals surface area contributed by atoms with Gasteiger partial charge in [0.1, 0.15) is 0 Å². The molecule has 0 fully saturated rings. The fourth-order valence-electron chi connectivity index (χ4n) is 3.16. The van der Waals surface area contributed by atoms with Gasteiger partial charge >= 0.3 is 0 Å². The molecule has 1 unspecified atom stereocenters. The second-order valence-corrected chi connectivity index (χ2v) is 6.09. The lowest BCUT2D eigenvalue weighted by molar-refractivity contribution is -0.117. The molecule has 0 spiro atoms. The Hall–Kier alpha value is -3.18. The van der Waals surface area contributed by atoms with Gasteiger partial charge in [-0.05, 0) is 31.1 Å². The smallest absolute Gasteiger partial charge is 0.254 e. The summed E-state index contributed by atoms with van der Waals surface area (Å²) >= 11 is 0. The highest BCUT2D eigenvalue weighted by Gasteiger charge is 2.33. The Labute approximate surface area is 151 Å². The molecule has 1 heterocycles. The zero-order valence-corrected chi connectivity index (χ0v) is 14.6. The number of hydrogen-bond acceptors (Lipinski definition) is 4. The summed E-state index contributed by atoms with van der Waals surface area (Å²) < 4.78 is 0. The van der Waals surface area contributed by atoms with Crippen molar-refractivity contribution in [2.45, 2.75) is 20.1 Å². The van der Waals surface area contributed by atoms with Crippen LogP contribution < -0.4 is 11.1 Å². The van der Waals surface area contributed by atoms with Gasteiger partial charge in [0, 0.05) is 22.4 Å². The molecule has 5 nitrogen and oxygen atoms in total. The number of amides is 1. The zero-order valence-electron chi connectivity index (χ0n) is 14.6. The number of nitrogens with two attached hydrogens (primary N) is 1. The largest absolute Gasteiger partial charge is 0.398 e. The minimum Gasteiger partial charge on any atom is -0.398 e. The monoisotopic (exact) mass is 348 g/mol. The van der Waals surface area contributed by atoms with Gasteiger partial charge in [0.25, 0.3) is 5.91 Å². The van der Waals surface area contributed by atoms with Gasteiger partial charge in [0.05, 0.1) is 5.57 Å². The normalized spacial score (nSPS) is 17.4. The maximum atomic E-state index is 12.6.